The molecule has 0 spiro atoms. The maximum atomic E-state index is 10.9. The van der Waals surface area contributed by atoms with Crippen molar-refractivity contribution in [2.24, 2.45) is 5.92 Å². The fourth-order valence-corrected chi connectivity index (χ4v) is 1.39. The van der Waals surface area contributed by atoms with Gasteiger partial charge in [-0.2, -0.15) is 0 Å². The Morgan fingerprint density at radius 2 is 1.94 bits per heavy atom. The summed E-state index contributed by atoms with van der Waals surface area (Å²) in [7, 11) is 0. The molecule has 0 saturated heterocycles. The van der Waals surface area contributed by atoms with Crippen LogP contribution in [0.1, 0.15) is 40.0 Å². The first-order chi connectivity index (χ1) is 7.59. The number of hydrogen-bond acceptors (Lipinski definition) is 3. The number of carboxylic acid groups (broad SMARTS) is 1. The molecular weight excluding hydrogens is 206 g/mol. The lowest BCUT2D eigenvalue weighted by Gasteiger charge is -2.17. The van der Waals surface area contributed by atoms with Gasteiger partial charge < -0.3 is 15.2 Å². The fourth-order valence-electron chi connectivity index (χ4n) is 1.39. The van der Waals surface area contributed by atoms with Crippen molar-refractivity contribution in [3.8, 4) is 0 Å². The normalized spacial score (nSPS) is 13.0. The highest BCUT2D eigenvalue weighted by Gasteiger charge is 2.19. The van der Waals surface area contributed by atoms with Gasteiger partial charge in [-0.3, -0.25) is 4.79 Å². The Hall–Kier alpha value is -0.610. The molecule has 0 aliphatic rings. The molecule has 0 aromatic carbocycles. The summed E-state index contributed by atoms with van der Waals surface area (Å²) < 4.78 is 5.39. The van der Waals surface area contributed by atoms with Crippen molar-refractivity contribution in [2.45, 2.75) is 46.1 Å². The van der Waals surface area contributed by atoms with Crippen LogP contribution in [-0.2, 0) is 9.53 Å². The summed E-state index contributed by atoms with van der Waals surface area (Å²) in [6.45, 7) is 8.15. The first-order valence-corrected chi connectivity index (χ1v) is 6.13. The molecule has 0 fully saturated rings. The maximum absolute atomic E-state index is 10.9. The molecule has 0 aromatic rings. The highest BCUT2D eigenvalue weighted by Crippen LogP contribution is 2.01. The van der Waals surface area contributed by atoms with Crippen LogP contribution in [0.15, 0.2) is 0 Å². The highest BCUT2D eigenvalue weighted by molar-refractivity contribution is 5.73. The Balaban J connectivity index is 3.45. The van der Waals surface area contributed by atoms with Crippen LogP contribution in [0.3, 0.4) is 0 Å². The summed E-state index contributed by atoms with van der Waals surface area (Å²) in [6.07, 6.45) is 3.10. The Bertz CT molecular complexity index is 183. The molecule has 1 atom stereocenters. The smallest absolute Gasteiger partial charge is 0.320 e. The number of nitrogens with one attached hydrogen (secondary N) is 1. The van der Waals surface area contributed by atoms with Crippen molar-refractivity contribution < 1.29 is 14.6 Å². The van der Waals surface area contributed by atoms with E-state index in [1.165, 1.54) is 0 Å². The van der Waals surface area contributed by atoms with Crippen LogP contribution in [0.2, 0.25) is 0 Å². The van der Waals surface area contributed by atoms with E-state index in [1.54, 1.807) is 0 Å². The molecule has 0 aliphatic heterocycles. The first-order valence-electron chi connectivity index (χ1n) is 6.13. The summed E-state index contributed by atoms with van der Waals surface area (Å²) >= 11 is 0. The lowest BCUT2D eigenvalue weighted by molar-refractivity contribution is -0.140. The molecule has 4 nitrogen and oxygen atoms in total. The van der Waals surface area contributed by atoms with E-state index >= 15 is 0 Å². The standard InChI is InChI=1S/C12H25NO3/c1-4-5-8-16-9-6-7-13-11(10(2)3)12(14)15/h10-11,13H,4-9H2,1-3H3,(H,14,15). The third kappa shape index (κ3) is 7.65. The maximum Gasteiger partial charge on any atom is 0.320 e. The first kappa shape index (κ1) is 15.4. The molecule has 0 amide bonds. The lowest BCUT2D eigenvalue weighted by atomic mass is 10.0. The van der Waals surface area contributed by atoms with Gasteiger partial charge in [0.2, 0.25) is 0 Å². The van der Waals surface area contributed by atoms with Gasteiger partial charge in [-0.05, 0) is 25.3 Å². The molecule has 1 unspecified atom stereocenters. The van der Waals surface area contributed by atoms with Crippen molar-refractivity contribution in [1.29, 1.82) is 0 Å². The average molecular weight is 231 g/mol. The molecule has 0 saturated carbocycles. The molecule has 0 radical (unpaired) electrons. The summed E-state index contributed by atoms with van der Waals surface area (Å²) in [4.78, 5) is 10.9. The van der Waals surface area contributed by atoms with Crippen LogP contribution >= 0.6 is 0 Å². The summed E-state index contributed by atoms with van der Waals surface area (Å²) in [5.74, 6) is -0.666. The number of carbonyl (C=O) groups is 1. The van der Waals surface area contributed by atoms with Crippen molar-refractivity contribution >= 4 is 5.97 Å². The summed E-state index contributed by atoms with van der Waals surface area (Å²) in [5.41, 5.74) is 0. The van der Waals surface area contributed by atoms with Crippen LogP contribution in [0.4, 0.5) is 0 Å². The van der Waals surface area contributed by atoms with Gasteiger partial charge in [-0.1, -0.05) is 27.2 Å². The third-order valence-corrected chi connectivity index (χ3v) is 2.40. The Morgan fingerprint density at radius 1 is 1.31 bits per heavy atom. The fraction of sp³-hybridized carbons (Fsp3) is 0.917. The minimum absolute atomic E-state index is 0.110. The predicted octanol–water partition coefficient (Wildman–Crippen LogP) is 1.89. The van der Waals surface area contributed by atoms with Crippen molar-refractivity contribution in [1.82, 2.24) is 5.32 Å². The molecule has 2 N–H and O–H groups in total. The molecular formula is C12H25NO3. The molecule has 0 heterocycles. The van der Waals surface area contributed by atoms with Gasteiger partial charge in [0.25, 0.3) is 0 Å². The number of unbranched alkanes of at least 4 members (excludes halogenated alkanes) is 1. The minimum Gasteiger partial charge on any atom is -0.480 e. The molecule has 0 rings (SSSR count). The van der Waals surface area contributed by atoms with Gasteiger partial charge in [0.1, 0.15) is 6.04 Å². The number of ether oxygens (including phenoxy) is 1. The van der Waals surface area contributed by atoms with E-state index in [4.69, 9.17) is 9.84 Å². The van der Waals surface area contributed by atoms with Crippen LogP contribution < -0.4 is 5.32 Å². The molecule has 96 valence electrons. The Morgan fingerprint density at radius 3 is 2.44 bits per heavy atom. The SMILES string of the molecule is CCCCOCCCNC(C(=O)O)C(C)C. The molecule has 0 aliphatic carbocycles. The zero-order chi connectivity index (χ0) is 12.4. The van der Waals surface area contributed by atoms with Crippen molar-refractivity contribution in [3.63, 3.8) is 0 Å². The van der Waals surface area contributed by atoms with Gasteiger partial charge in [0.05, 0.1) is 0 Å². The van der Waals surface area contributed by atoms with E-state index < -0.39 is 12.0 Å². The van der Waals surface area contributed by atoms with Gasteiger partial charge in [0, 0.05) is 13.2 Å². The second-order valence-electron chi connectivity index (χ2n) is 4.33. The number of carboxylic acids is 1. The average Bonchev–Trinajstić information content (AvgIpc) is 2.21. The molecule has 4 heteroatoms. The predicted molar refractivity (Wildman–Crippen MR) is 64.6 cm³/mol. The number of hydrogen-bond donors (Lipinski definition) is 2. The Labute approximate surface area is 98.4 Å². The zero-order valence-electron chi connectivity index (χ0n) is 10.7. The summed E-state index contributed by atoms with van der Waals surface area (Å²) in [5, 5.41) is 12.0. The van der Waals surface area contributed by atoms with E-state index in [-0.39, 0.29) is 5.92 Å². The zero-order valence-corrected chi connectivity index (χ0v) is 10.7. The van der Waals surface area contributed by atoms with Gasteiger partial charge in [0.15, 0.2) is 0 Å². The highest BCUT2D eigenvalue weighted by atomic mass is 16.5. The van der Waals surface area contributed by atoms with Crippen LogP contribution in [0.25, 0.3) is 0 Å². The summed E-state index contributed by atoms with van der Waals surface area (Å²) in [6, 6.07) is -0.448. The number of aliphatic carboxylic acids is 1. The van der Waals surface area contributed by atoms with Crippen LogP contribution in [0, 0.1) is 5.92 Å². The van der Waals surface area contributed by atoms with E-state index in [9.17, 15) is 4.79 Å². The second-order valence-corrected chi connectivity index (χ2v) is 4.33. The van der Waals surface area contributed by atoms with E-state index in [0.717, 1.165) is 25.9 Å². The third-order valence-electron chi connectivity index (χ3n) is 2.40. The quantitative estimate of drug-likeness (QED) is 0.564. The lowest BCUT2D eigenvalue weighted by Crippen LogP contribution is -2.41. The minimum atomic E-state index is -0.776. The monoisotopic (exact) mass is 231 g/mol. The second kappa shape index (κ2) is 9.60. The Kier molecular flexibility index (Phi) is 9.24. The molecule has 0 aromatic heterocycles. The van der Waals surface area contributed by atoms with E-state index in [2.05, 4.69) is 12.2 Å². The van der Waals surface area contributed by atoms with Crippen LogP contribution in [-0.4, -0.2) is 36.9 Å². The molecule has 0 bridgehead atoms. The largest absolute Gasteiger partial charge is 0.480 e. The van der Waals surface area contributed by atoms with E-state index in [1.807, 2.05) is 13.8 Å². The topological polar surface area (TPSA) is 58.6 Å². The van der Waals surface area contributed by atoms with Gasteiger partial charge in [-0.25, -0.2) is 0 Å². The van der Waals surface area contributed by atoms with Gasteiger partial charge in [-0.15, -0.1) is 0 Å². The van der Waals surface area contributed by atoms with E-state index in [0.29, 0.717) is 13.2 Å². The van der Waals surface area contributed by atoms with Crippen molar-refractivity contribution in [2.75, 3.05) is 19.8 Å². The van der Waals surface area contributed by atoms with Crippen molar-refractivity contribution in [3.05, 3.63) is 0 Å². The van der Waals surface area contributed by atoms with Gasteiger partial charge >= 0.3 is 5.97 Å². The molecule has 16 heavy (non-hydrogen) atoms. The number of rotatable bonds is 10. The van der Waals surface area contributed by atoms with Crippen LogP contribution in [0.5, 0.6) is 0 Å².